The van der Waals surface area contributed by atoms with Gasteiger partial charge in [0.2, 0.25) is 0 Å². The minimum absolute atomic E-state index is 0.266. The molecule has 0 radical (unpaired) electrons. The Hall–Kier alpha value is -2.36. The summed E-state index contributed by atoms with van der Waals surface area (Å²) in [5, 5.41) is 2.83. The molecule has 1 amide bonds. The third kappa shape index (κ3) is 2.96. The zero-order valence-corrected chi connectivity index (χ0v) is 11.5. The van der Waals surface area contributed by atoms with Gasteiger partial charge in [-0.1, -0.05) is 18.2 Å². The lowest BCUT2D eigenvalue weighted by atomic mass is 9.93. The Morgan fingerprint density at radius 2 is 1.70 bits per heavy atom. The summed E-state index contributed by atoms with van der Waals surface area (Å²) < 4.78 is 13.8. The maximum Gasteiger partial charge on any atom is 0.251 e. The summed E-state index contributed by atoms with van der Waals surface area (Å²) in [7, 11) is 0. The summed E-state index contributed by atoms with van der Waals surface area (Å²) in [6.45, 7) is 3.53. The van der Waals surface area contributed by atoms with Gasteiger partial charge in [-0.3, -0.25) is 4.79 Å². The molecular weight excluding hydrogens is 255 g/mol. The number of carbonyl (C=O) groups excluding carboxylic acids is 1. The van der Waals surface area contributed by atoms with Gasteiger partial charge in [0, 0.05) is 16.8 Å². The maximum absolute atomic E-state index is 13.8. The molecule has 3 N–H and O–H groups in total. The summed E-state index contributed by atoms with van der Waals surface area (Å²) in [6, 6.07) is 13.0. The molecule has 0 saturated heterocycles. The van der Waals surface area contributed by atoms with Crippen molar-refractivity contribution in [2.45, 2.75) is 19.4 Å². The first kappa shape index (κ1) is 14.1. The lowest BCUT2D eigenvalue weighted by Gasteiger charge is -2.27. The average Bonchev–Trinajstić information content (AvgIpc) is 2.39. The van der Waals surface area contributed by atoms with Gasteiger partial charge in [-0.25, -0.2) is 4.39 Å². The number of nitrogens with two attached hydrogens (primary N) is 1. The van der Waals surface area contributed by atoms with E-state index in [9.17, 15) is 9.18 Å². The molecule has 0 spiro atoms. The first-order valence-electron chi connectivity index (χ1n) is 6.33. The van der Waals surface area contributed by atoms with E-state index in [1.807, 2.05) is 0 Å². The fourth-order valence-electron chi connectivity index (χ4n) is 2.03. The first-order valence-corrected chi connectivity index (χ1v) is 6.33. The quantitative estimate of drug-likeness (QED) is 0.844. The molecule has 0 aliphatic heterocycles. The van der Waals surface area contributed by atoms with Gasteiger partial charge in [0.15, 0.2) is 0 Å². The van der Waals surface area contributed by atoms with E-state index in [0.717, 1.165) is 0 Å². The Morgan fingerprint density at radius 1 is 1.10 bits per heavy atom. The van der Waals surface area contributed by atoms with Crippen LogP contribution in [0.15, 0.2) is 48.5 Å². The highest BCUT2D eigenvalue weighted by Crippen LogP contribution is 2.23. The van der Waals surface area contributed by atoms with Gasteiger partial charge in [0.05, 0.1) is 5.54 Å². The molecule has 2 aromatic carbocycles. The monoisotopic (exact) mass is 272 g/mol. The van der Waals surface area contributed by atoms with E-state index in [4.69, 9.17) is 5.73 Å². The molecule has 2 rings (SSSR count). The number of anilines is 1. The number of nitrogen functional groups attached to an aromatic ring is 1. The van der Waals surface area contributed by atoms with Crippen molar-refractivity contribution >= 4 is 11.6 Å². The zero-order chi connectivity index (χ0) is 14.8. The van der Waals surface area contributed by atoms with Crippen LogP contribution in [0.4, 0.5) is 10.1 Å². The van der Waals surface area contributed by atoms with Crippen LogP contribution in [0.25, 0.3) is 0 Å². The fraction of sp³-hybridized carbons (Fsp3) is 0.188. The standard InChI is InChI=1S/C16H17FN2O/c1-16(2,13-5-3-4-6-14(13)17)19-15(20)11-7-9-12(18)10-8-11/h3-10H,18H2,1-2H3,(H,19,20). The lowest BCUT2D eigenvalue weighted by Crippen LogP contribution is -2.41. The molecule has 0 heterocycles. The Labute approximate surface area is 117 Å². The van der Waals surface area contributed by atoms with Crippen molar-refractivity contribution < 1.29 is 9.18 Å². The number of carbonyl (C=O) groups is 1. The Bertz CT molecular complexity index is 621. The van der Waals surface area contributed by atoms with Crippen LogP contribution in [0.3, 0.4) is 0 Å². The van der Waals surface area contributed by atoms with Crippen molar-refractivity contribution in [3.8, 4) is 0 Å². The third-order valence-corrected chi connectivity index (χ3v) is 3.15. The zero-order valence-electron chi connectivity index (χ0n) is 11.5. The molecule has 0 unspecified atom stereocenters. The second kappa shape index (κ2) is 5.33. The number of hydrogen-bond acceptors (Lipinski definition) is 2. The molecule has 0 fully saturated rings. The van der Waals surface area contributed by atoms with Crippen LogP contribution in [0.5, 0.6) is 0 Å². The van der Waals surface area contributed by atoms with E-state index in [-0.39, 0.29) is 11.7 Å². The van der Waals surface area contributed by atoms with Crippen LogP contribution >= 0.6 is 0 Å². The SMILES string of the molecule is CC(C)(NC(=O)c1ccc(N)cc1)c1ccccc1F. The van der Waals surface area contributed by atoms with Crippen molar-refractivity contribution in [3.05, 3.63) is 65.5 Å². The van der Waals surface area contributed by atoms with Gasteiger partial charge in [0.1, 0.15) is 5.82 Å². The summed E-state index contributed by atoms with van der Waals surface area (Å²) in [4.78, 5) is 12.2. The third-order valence-electron chi connectivity index (χ3n) is 3.15. The average molecular weight is 272 g/mol. The number of rotatable bonds is 3. The predicted molar refractivity (Wildman–Crippen MR) is 77.7 cm³/mol. The van der Waals surface area contributed by atoms with Crippen LogP contribution in [-0.2, 0) is 5.54 Å². The molecule has 4 heteroatoms. The van der Waals surface area contributed by atoms with E-state index in [2.05, 4.69) is 5.32 Å². The number of halogens is 1. The highest BCUT2D eigenvalue weighted by Gasteiger charge is 2.26. The van der Waals surface area contributed by atoms with Crippen molar-refractivity contribution in [2.24, 2.45) is 0 Å². The van der Waals surface area contributed by atoms with Gasteiger partial charge in [0.25, 0.3) is 5.91 Å². The predicted octanol–water partition coefficient (Wildman–Crippen LogP) is 3.07. The number of nitrogens with one attached hydrogen (secondary N) is 1. The molecule has 0 saturated carbocycles. The topological polar surface area (TPSA) is 55.1 Å². The molecule has 0 aliphatic carbocycles. The van der Waals surface area contributed by atoms with E-state index < -0.39 is 5.54 Å². The fourth-order valence-corrected chi connectivity index (χ4v) is 2.03. The largest absolute Gasteiger partial charge is 0.399 e. The summed E-state index contributed by atoms with van der Waals surface area (Å²) in [5.74, 6) is -0.603. The van der Waals surface area contributed by atoms with Gasteiger partial charge < -0.3 is 11.1 Å². The van der Waals surface area contributed by atoms with Crippen molar-refractivity contribution in [1.29, 1.82) is 0 Å². The van der Waals surface area contributed by atoms with Gasteiger partial charge in [-0.05, 0) is 44.2 Å². The van der Waals surface area contributed by atoms with E-state index in [1.54, 1.807) is 56.3 Å². The molecule has 20 heavy (non-hydrogen) atoms. The van der Waals surface area contributed by atoms with Crippen molar-refractivity contribution in [3.63, 3.8) is 0 Å². The number of hydrogen-bond donors (Lipinski definition) is 2. The summed E-state index contributed by atoms with van der Waals surface area (Å²) in [5.41, 5.74) is 6.31. The molecule has 3 nitrogen and oxygen atoms in total. The van der Waals surface area contributed by atoms with Crippen LogP contribution in [0, 0.1) is 5.82 Å². The van der Waals surface area contributed by atoms with Crippen LogP contribution in [-0.4, -0.2) is 5.91 Å². The summed E-state index contributed by atoms with van der Waals surface area (Å²) in [6.07, 6.45) is 0. The second-order valence-electron chi connectivity index (χ2n) is 5.18. The van der Waals surface area contributed by atoms with E-state index in [1.165, 1.54) is 6.07 Å². The molecule has 0 aromatic heterocycles. The highest BCUT2D eigenvalue weighted by atomic mass is 19.1. The first-order chi connectivity index (χ1) is 9.40. The second-order valence-corrected chi connectivity index (χ2v) is 5.18. The Balaban J connectivity index is 2.22. The molecule has 2 aromatic rings. The van der Waals surface area contributed by atoms with E-state index in [0.29, 0.717) is 16.8 Å². The van der Waals surface area contributed by atoms with Crippen LogP contribution in [0.1, 0.15) is 29.8 Å². The Kier molecular flexibility index (Phi) is 3.74. The van der Waals surface area contributed by atoms with Gasteiger partial charge in [-0.15, -0.1) is 0 Å². The maximum atomic E-state index is 13.8. The van der Waals surface area contributed by atoms with Gasteiger partial charge >= 0.3 is 0 Å². The van der Waals surface area contributed by atoms with Crippen molar-refractivity contribution in [2.75, 3.05) is 5.73 Å². The minimum Gasteiger partial charge on any atom is -0.399 e. The lowest BCUT2D eigenvalue weighted by molar-refractivity contribution is 0.0911. The van der Waals surface area contributed by atoms with Crippen LogP contribution in [0.2, 0.25) is 0 Å². The molecular formula is C16H17FN2O. The highest BCUT2D eigenvalue weighted by molar-refractivity contribution is 5.95. The molecule has 0 bridgehead atoms. The van der Waals surface area contributed by atoms with Gasteiger partial charge in [-0.2, -0.15) is 0 Å². The van der Waals surface area contributed by atoms with Crippen molar-refractivity contribution in [1.82, 2.24) is 5.32 Å². The Morgan fingerprint density at radius 3 is 2.30 bits per heavy atom. The molecule has 104 valence electrons. The van der Waals surface area contributed by atoms with Crippen LogP contribution < -0.4 is 11.1 Å². The molecule has 0 aliphatic rings. The number of amides is 1. The normalized spacial score (nSPS) is 11.2. The minimum atomic E-state index is -0.802. The van der Waals surface area contributed by atoms with E-state index >= 15 is 0 Å². The summed E-state index contributed by atoms with van der Waals surface area (Å²) >= 11 is 0. The molecule has 0 atom stereocenters. The smallest absolute Gasteiger partial charge is 0.251 e. The number of benzene rings is 2.